The minimum atomic E-state index is -1.32. The highest BCUT2D eigenvalue weighted by Crippen LogP contribution is 2.37. The summed E-state index contributed by atoms with van der Waals surface area (Å²) in [6.07, 6.45) is 0.150. The second-order valence-corrected chi connectivity index (χ2v) is 12.9. The SMILES string of the molecule is COc1cc(C=O)cc(I)c1O[C@H]1C=C(C(=O)NCCO)C[C@@H](N(CCc2cc3ccccc3[nH]2)C(=O)c2cc3cccc(OC)c3o2)[C@@H]1O. The molecule has 50 heavy (non-hydrogen) atoms. The zero-order chi connectivity index (χ0) is 35.4. The van der Waals surface area contributed by atoms with Gasteiger partial charge in [-0.1, -0.05) is 30.3 Å². The number of rotatable bonds is 13. The molecule has 2 aromatic heterocycles. The minimum absolute atomic E-state index is 0.0115. The number of fused-ring (bicyclic) bond motifs is 2. The van der Waals surface area contributed by atoms with Gasteiger partial charge in [0, 0.05) is 53.7 Å². The number of nitrogens with one attached hydrogen (secondary N) is 2. The van der Waals surface area contributed by atoms with Crippen molar-refractivity contribution in [1.29, 1.82) is 0 Å². The summed E-state index contributed by atoms with van der Waals surface area (Å²) in [5.41, 5.74) is 2.86. The van der Waals surface area contributed by atoms with E-state index in [9.17, 15) is 24.6 Å². The Balaban J connectivity index is 1.40. The number of aliphatic hydroxyl groups excluding tert-OH is 2. The molecule has 260 valence electrons. The third kappa shape index (κ3) is 7.20. The molecule has 5 aromatic rings. The second-order valence-electron chi connectivity index (χ2n) is 11.8. The van der Waals surface area contributed by atoms with E-state index in [1.807, 2.05) is 59.0 Å². The van der Waals surface area contributed by atoms with E-state index in [-0.39, 0.29) is 48.9 Å². The Morgan fingerprint density at radius 1 is 1.06 bits per heavy atom. The number of aromatic amines is 1. The number of ether oxygens (including phenoxy) is 3. The lowest BCUT2D eigenvalue weighted by Gasteiger charge is -2.40. The molecule has 12 nitrogen and oxygen atoms in total. The van der Waals surface area contributed by atoms with Crippen LogP contribution in [0.15, 0.2) is 82.8 Å². The van der Waals surface area contributed by atoms with Crippen LogP contribution in [0.3, 0.4) is 0 Å². The van der Waals surface area contributed by atoms with Gasteiger partial charge in [0.15, 0.2) is 28.6 Å². The number of halogens is 1. The smallest absolute Gasteiger partial charge is 0.289 e. The maximum Gasteiger partial charge on any atom is 0.289 e. The summed E-state index contributed by atoms with van der Waals surface area (Å²) in [6.45, 7) is -0.111. The van der Waals surface area contributed by atoms with E-state index in [0.29, 0.717) is 38.6 Å². The fraction of sp³-hybridized carbons (Fsp3) is 0.270. The van der Waals surface area contributed by atoms with Crippen LogP contribution in [0, 0.1) is 3.57 Å². The maximum atomic E-state index is 14.5. The lowest BCUT2D eigenvalue weighted by Crippen LogP contribution is -2.55. The monoisotopic (exact) mass is 793 g/mol. The first-order valence-electron chi connectivity index (χ1n) is 16.0. The molecule has 3 aromatic carbocycles. The molecule has 0 radical (unpaired) electrons. The Bertz CT molecular complexity index is 2040. The van der Waals surface area contributed by atoms with E-state index in [2.05, 4.69) is 10.3 Å². The third-order valence-electron chi connectivity index (χ3n) is 8.66. The number of aldehydes is 1. The van der Waals surface area contributed by atoms with Crippen LogP contribution in [0.2, 0.25) is 0 Å². The maximum absolute atomic E-state index is 14.5. The van der Waals surface area contributed by atoms with Crippen molar-refractivity contribution >= 4 is 62.6 Å². The van der Waals surface area contributed by atoms with Gasteiger partial charge in [-0.05, 0) is 70.5 Å². The quantitative estimate of drug-likeness (QED) is 0.0983. The molecule has 3 atom stereocenters. The summed E-state index contributed by atoms with van der Waals surface area (Å²) in [6, 6.07) is 19.0. The first kappa shape index (κ1) is 35.0. The number of carbonyl (C=O) groups excluding carboxylic acids is 3. The predicted molar refractivity (Wildman–Crippen MR) is 194 cm³/mol. The van der Waals surface area contributed by atoms with Gasteiger partial charge in [0.25, 0.3) is 5.91 Å². The molecule has 0 spiro atoms. The van der Waals surface area contributed by atoms with Gasteiger partial charge in [0.2, 0.25) is 5.91 Å². The Labute approximate surface area is 301 Å². The van der Waals surface area contributed by atoms with Gasteiger partial charge in [-0.3, -0.25) is 14.4 Å². The summed E-state index contributed by atoms with van der Waals surface area (Å²) in [7, 11) is 2.95. The third-order valence-corrected chi connectivity index (χ3v) is 9.47. The minimum Gasteiger partial charge on any atom is -0.493 e. The van der Waals surface area contributed by atoms with Gasteiger partial charge in [0.05, 0.1) is 30.4 Å². The van der Waals surface area contributed by atoms with Gasteiger partial charge in [-0.15, -0.1) is 0 Å². The fourth-order valence-corrected chi connectivity index (χ4v) is 6.96. The van der Waals surface area contributed by atoms with E-state index in [1.54, 1.807) is 24.3 Å². The molecule has 2 amide bonds. The molecule has 0 fully saturated rings. The van der Waals surface area contributed by atoms with E-state index >= 15 is 0 Å². The summed E-state index contributed by atoms with van der Waals surface area (Å²) in [5, 5.41) is 25.8. The molecule has 0 bridgehead atoms. The molecule has 0 saturated heterocycles. The van der Waals surface area contributed by atoms with E-state index in [1.165, 1.54) is 31.3 Å². The van der Waals surface area contributed by atoms with Crippen LogP contribution in [0.1, 0.15) is 33.0 Å². The Morgan fingerprint density at radius 3 is 2.58 bits per heavy atom. The van der Waals surface area contributed by atoms with Crippen LogP contribution < -0.4 is 19.5 Å². The number of methoxy groups -OCH3 is 2. The molecular weight excluding hydrogens is 757 g/mol. The van der Waals surface area contributed by atoms with Gasteiger partial charge < -0.3 is 44.0 Å². The first-order valence-corrected chi connectivity index (χ1v) is 17.0. The van der Waals surface area contributed by atoms with Crippen molar-refractivity contribution in [2.24, 2.45) is 0 Å². The molecule has 13 heteroatoms. The molecule has 4 N–H and O–H groups in total. The van der Waals surface area contributed by atoms with Crippen molar-refractivity contribution in [3.63, 3.8) is 0 Å². The molecule has 0 unspecified atom stereocenters. The highest BCUT2D eigenvalue weighted by atomic mass is 127. The van der Waals surface area contributed by atoms with Crippen LogP contribution in [0.4, 0.5) is 0 Å². The summed E-state index contributed by atoms with van der Waals surface area (Å²) in [5.74, 6) is 0.0475. The van der Waals surface area contributed by atoms with Crippen molar-refractivity contribution in [1.82, 2.24) is 15.2 Å². The van der Waals surface area contributed by atoms with Crippen molar-refractivity contribution in [2.45, 2.75) is 31.1 Å². The number of nitrogens with zero attached hydrogens (tertiary/aromatic N) is 1. The standard InChI is InChI=1S/C37H36IN3O9/c1-47-29-9-5-7-23-18-32(50-34(23)29)37(46)41(12-10-25-16-22-6-3-4-8-27(22)40-25)28-17-24(36(45)39-11-13-42)19-30(33(28)44)49-35-26(38)14-21(20-43)15-31(35)48-2/h3-9,14-16,18-20,28,30,33,40,42,44H,10-13,17H2,1-2H3,(H,39,45)/t28-,30+,33+/m1/s1. The van der Waals surface area contributed by atoms with Crippen LogP contribution in [0.5, 0.6) is 17.2 Å². The van der Waals surface area contributed by atoms with Gasteiger partial charge in [-0.25, -0.2) is 0 Å². The van der Waals surface area contributed by atoms with Crippen molar-refractivity contribution in [3.8, 4) is 17.2 Å². The average Bonchev–Trinajstić information content (AvgIpc) is 3.76. The zero-order valence-corrected chi connectivity index (χ0v) is 29.5. The number of aliphatic hydroxyl groups is 2. The Morgan fingerprint density at radius 2 is 1.84 bits per heavy atom. The number of carbonyl (C=O) groups is 3. The highest BCUT2D eigenvalue weighted by molar-refractivity contribution is 14.1. The lowest BCUT2D eigenvalue weighted by molar-refractivity contribution is -0.118. The largest absolute Gasteiger partial charge is 0.493 e. The van der Waals surface area contributed by atoms with Crippen LogP contribution in [0.25, 0.3) is 21.9 Å². The van der Waals surface area contributed by atoms with E-state index in [4.69, 9.17) is 18.6 Å². The highest BCUT2D eigenvalue weighted by Gasteiger charge is 2.42. The molecule has 2 heterocycles. The predicted octanol–water partition coefficient (Wildman–Crippen LogP) is 4.65. The second kappa shape index (κ2) is 15.4. The topological polar surface area (TPSA) is 164 Å². The number of benzene rings is 3. The molecule has 6 rings (SSSR count). The molecule has 1 aliphatic rings. The summed E-state index contributed by atoms with van der Waals surface area (Å²) in [4.78, 5) is 44.3. The fourth-order valence-electron chi connectivity index (χ4n) is 6.21. The summed E-state index contributed by atoms with van der Waals surface area (Å²) < 4.78 is 23.9. The molecule has 0 saturated carbocycles. The van der Waals surface area contributed by atoms with Gasteiger partial charge >= 0.3 is 0 Å². The van der Waals surface area contributed by atoms with Gasteiger partial charge in [0.1, 0.15) is 18.5 Å². The van der Waals surface area contributed by atoms with Crippen LogP contribution in [-0.2, 0) is 11.2 Å². The number of para-hydroxylation sites is 2. The molecule has 0 aliphatic heterocycles. The number of H-pyrrole nitrogens is 1. The zero-order valence-electron chi connectivity index (χ0n) is 27.4. The number of furan rings is 1. The van der Waals surface area contributed by atoms with Crippen molar-refractivity contribution in [2.75, 3.05) is 33.9 Å². The number of amides is 2. The van der Waals surface area contributed by atoms with Crippen LogP contribution in [-0.4, -0.2) is 90.4 Å². The number of aromatic nitrogens is 1. The number of hydrogen-bond donors (Lipinski definition) is 4. The van der Waals surface area contributed by atoms with Crippen molar-refractivity contribution < 1.29 is 43.2 Å². The average molecular weight is 794 g/mol. The Kier molecular flexibility index (Phi) is 10.7. The van der Waals surface area contributed by atoms with E-state index < -0.39 is 30.1 Å². The molecular formula is C37H36IN3O9. The first-order chi connectivity index (χ1) is 24.2. The normalized spacial score (nSPS) is 17.3. The van der Waals surface area contributed by atoms with Crippen molar-refractivity contribution in [3.05, 3.63) is 99.0 Å². The molecule has 1 aliphatic carbocycles. The summed E-state index contributed by atoms with van der Waals surface area (Å²) >= 11 is 2.01. The van der Waals surface area contributed by atoms with Crippen LogP contribution >= 0.6 is 22.6 Å². The number of hydrogen-bond acceptors (Lipinski definition) is 9. The van der Waals surface area contributed by atoms with Gasteiger partial charge in [-0.2, -0.15) is 0 Å². The lowest BCUT2D eigenvalue weighted by atomic mass is 9.87. The Hall–Kier alpha value is -4.86. The van der Waals surface area contributed by atoms with E-state index in [0.717, 1.165) is 16.6 Å².